The van der Waals surface area contributed by atoms with Crippen molar-refractivity contribution in [2.45, 2.75) is 18.6 Å². The van der Waals surface area contributed by atoms with Crippen molar-refractivity contribution in [3.05, 3.63) is 0 Å². The Morgan fingerprint density at radius 3 is 2.18 bits per heavy atom. The van der Waals surface area contributed by atoms with E-state index in [1.54, 1.807) is 21.3 Å². The van der Waals surface area contributed by atoms with Crippen molar-refractivity contribution in [3.63, 3.8) is 0 Å². The van der Waals surface area contributed by atoms with E-state index in [0.717, 1.165) is 19.1 Å². The van der Waals surface area contributed by atoms with E-state index in [0.29, 0.717) is 29.8 Å². The maximum absolute atomic E-state index is 7.14. The highest BCUT2D eigenvalue weighted by Gasteiger charge is 2.36. The minimum absolute atomic E-state index is 0.306. The minimum atomic E-state index is -2.39. The maximum Gasteiger partial charge on any atom is 0.500 e. The van der Waals surface area contributed by atoms with Crippen LogP contribution in [0.4, 0.5) is 0 Å². The normalized spacial score (nSPS) is 18.7. The van der Waals surface area contributed by atoms with Gasteiger partial charge in [0.15, 0.2) is 0 Å². The van der Waals surface area contributed by atoms with E-state index in [4.69, 9.17) is 27.5 Å². The van der Waals surface area contributed by atoms with Crippen molar-refractivity contribution in [1.29, 1.82) is 0 Å². The average Bonchev–Trinajstić information content (AvgIpc) is 3.21. The van der Waals surface area contributed by atoms with Crippen LogP contribution in [-0.2, 0) is 22.8 Å². The molecule has 0 radical (unpaired) electrons. The quantitative estimate of drug-likeness (QED) is 0.330. The van der Waals surface area contributed by atoms with Gasteiger partial charge >= 0.3 is 8.80 Å². The average molecular weight is 284 g/mol. The summed E-state index contributed by atoms with van der Waals surface area (Å²) in [6.07, 6.45) is 1.22. The summed E-state index contributed by atoms with van der Waals surface area (Å²) in [5.74, 6) is 0. The zero-order chi connectivity index (χ0) is 13.1. The monoisotopic (exact) mass is 284 g/mol. The van der Waals surface area contributed by atoms with Crippen LogP contribution in [0.2, 0.25) is 6.04 Å². The maximum atomic E-state index is 7.14. The van der Waals surface area contributed by atoms with Crippen molar-refractivity contribution in [1.82, 2.24) is 0 Å². The third kappa shape index (κ3) is 7.26. The lowest BCUT2D eigenvalue weighted by Crippen LogP contribution is -2.42. The molecule has 0 aromatic carbocycles. The van der Waals surface area contributed by atoms with Gasteiger partial charge in [-0.05, 0) is 6.42 Å². The number of ether oxygens (including phenoxy) is 2. The van der Waals surface area contributed by atoms with Crippen molar-refractivity contribution in [3.8, 4) is 0 Å². The molecule has 1 fully saturated rings. The van der Waals surface area contributed by atoms with Crippen molar-refractivity contribution < 1.29 is 27.5 Å². The van der Waals surface area contributed by atoms with E-state index < -0.39 is 8.80 Å². The highest BCUT2D eigenvalue weighted by atomic mass is 28.4. The van der Waals surface area contributed by atoms with E-state index in [9.17, 15) is 0 Å². The number of epoxide rings is 1. The van der Waals surface area contributed by atoms with Crippen LogP contribution in [0.5, 0.6) is 0 Å². The largest absolute Gasteiger partial charge is 0.500 e. The molecule has 0 aromatic heterocycles. The van der Waals surface area contributed by atoms with Gasteiger partial charge in [0.2, 0.25) is 0 Å². The Morgan fingerprint density at radius 1 is 1.24 bits per heavy atom. The molecule has 8 heteroatoms. The lowest BCUT2D eigenvalue weighted by Gasteiger charge is -2.24. The summed E-state index contributed by atoms with van der Waals surface area (Å²) >= 11 is 0. The van der Waals surface area contributed by atoms with E-state index >= 15 is 0 Å². The second-order valence-corrected chi connectivity index (χ2v) is 6.52. The Hall–Kier alpha value is 0.194. The zero-order valence-electron chi connectivity index (χ0n) is 11.1. The molecule has 1 aliphatic heterocycles. The van der Waals surface area contributed by atoms with Crippen LogP contribution >= 0.6 is 0 Å². The molecule has 1 rings (SSSR count). The molecule has 0 aliphatic carbocycles. The van der Waals surface area contributed by atoms with Crippen molar-refractivity contribution in [2.24, 2.45) is 0 Å². The SMILES string of the molecule is CO[Si](CCCOCC1CO1)(OC)OC.O[SiH3]. The Bertz CT molecular complexity index is 167. The molecule has 1 heterocycles. The Balaban J connectivity index is 0.00000121. The van der Waals surface area contributed by atoms with Crippen molar-refractivity contribution in [2.75, 3.05) is 41.2 Å². The summed E-state index contributed by atoms with van der Waals surface area (Å²) in [6, 6.07) is 0.780. The van der Waals surface area contributed by atoms with Gasteiger partial charge < -0.3 is 27.5 Å². The van der Waals surface area contributed by atoms with Gasteiger partial charge in [0.1, 0.15) is 16.6 Å². The van der Waals surface area contributed by atoms with Crippen LogP contribution in [0.15, 0.2) is 0 Å². The highest BCUT2D eigenvalue weighted by molar-refractivity contribution is 6.60. The standard InChI is InChI=1S/C9H20O5Si.H4OSi/c1-10-15(11-2,12-3)6-4-5-13-7-9-8-14-9;1-2/h9H,4-8H2,1-3H3;1H,2H3. The molecule has 1 N–H and O–H groups in total. The first kappa shape index (κ1) is 17.2. The lowest BCUT2D eigenvalue weighted by molar-refractivity contribution is 0.100. The van der Waals surface area contributed by atoms with E-state index in [1.807, 2.05) is 0 Å². The van der Waals surface area contributed by atoms with Crippen molar-refractivity contribution >= 4 is 19.3 Å². The molecule has 0 aromatic rings. The third-order valence-corrected chi connectivity index (χ3v) is 5.24. The fourth-order valence-electron chi connectivity index (χ4n) is 1.33. The number of rotatable bonds is 9. The highest BCUT2D eigenvalue weighted by Crippen LogP contribution is 2.15. The van der Waals surface area contributed by atoms with E-state index in [-0.39, 0.29) is 0 Å². The summed E-state index contributed by atoms with van der Waals surface area (Å²) in [5.41, 5.74) is 0. The first-order valence-electron chi connectivity index (χ1n) is 5.56. The van der Waals surface area contributed by atoms with E-state index in [1.165, 1.54) is 0 Å². The molecule has 0 amide bonds. The van der Waals surface area contributed by atoms with Crippen LogP contribution in [0, 0.1) is 0 Å². The van der Waals surface area contributed by atoms with E-state index in [2.05, 4.69) is 0 Å². The molecule has 0 saturated carbocycles. The Labute approximate surface area is 107 Å². The summed E-state index contributed by atoms with van der Waals surface area (Å²) < 4.78 is 26.3. The third-order valence-electron chi connectivity index (χ3n) is 2.41. The summed E-state index contributed by atoms with van der Waals surface area (Å²) in [7, 11) is 2.78. The summed E-state index contributed by atoms with van der Waals surface area (Å²) in [4.78, 5) is 7.14. The molecular weight excluding hydrogens is 260 g/mol. The smallest absolute Gasteiger partial charge is 0.442 e. The molecule has 1 aliphatic rings. The van der Waals surface area contributed by atoms with Crippen LogP contribution in [0.25, 0.3) is 0 Å². The molecule has 1 saturated heterocycles. The Morgan fingerprint density at radius 2 is 1.76 bits per heavy atom. The van der Waals surface area contributed by atoms with Crippen LogP contribution in [0.3, 0.4) is 0 Å². The predicted molar refractivity (Wildman–Crippen MR) is 68.9 cm³/mol. The fraction of sp³-hybridized carbons (Fsp3) is 1.00. The van der Waals surface area contributed by atoms with Crippen LogP contribution < -0.4 is 0 Å². The van der Waals surface area contributed by atoms with Gasteiger partial charge in [-0.1, -0.05) is 0 Å². The molecule has 1 atom stereocenters. The molecule has 1 unspecified atom stereocenters. The van der Waals surface area contributed by atoms with Gasteiger partial charge in [-0.3, -0.25) is 0 Å². The first-order chi connectivity index (χ1) is 8.26. The molecule has 104 valence electrons. The zero-order valence-corrected chi connectivity index (χ0v) is 14.1. The second-order valence-electron chi connectivity index (χ2n) is 3.43. The number of hydrogen-bond donors (Lipinski definition) is 1. The molecular formula is C9H24O6Si2. The fourth-order valence-corrected chi connectivity index (χ4v) is 3.02. The molecule has 0 spiro atoms. The minimum Gasteiger partial charge on any atom is -0.442 e. The number of hydrogen-bond acceptors (Lipinski definition) is 6. The van der Waals surface area contributed by atoms with Gasteiger partial charge in [0, 0.05) is 34.0 Å². The molecule has 17 heavy (non-hydrogen) atoms. The van der Waals surface area contributed by atoms with Crippen LogP contribution in [0.1, 0.15) is 6.42 Å². The topological polar surface area (TPSA) is 69.7 Å². The van der Waals surface area contributed by atoms with Gasteiger partial charge in [-0.15, -0.1) is 0 Å². The van der Waals surface area contributed by atoms with Gasteiger partial charge in [0.25, 0.3) is 0 Å². The first-order valence-corrected chi connectivity index (χ1v) is 8.38. The van der Waals surface area contributed by atoms with Gasteiger partial charge in [-0.2, -0.15) is 0 Å². The lowest BCUT2D eigenvalue weighted by atomic mass is 10.5. The van der Waals surface area contributed by atoms with Gasteiger partial charge in [-0.25, -0.2) is 0 Å². The molecule has 6 nitrogen and oxygen atoms in total. The second kappa shape index (κ2) is 10.1. The summed E-state index contributed by atoms with van der Waals surface area (Å²) in [6.45, 7) is 2.24. The van der Waals surface area contributed by atoms with Gasteiger partial charge in [0.05, 0.1) is 13.2 Å². The summed E-state index contributed by atoms with van der Waals surface area (Å²) in [5, 5.41) is 0. The predicted octanol–water partition coefficient (Wildman–Crippen LogP) is -1.07. The molecule has 0 bridgehead atoms. The Kier molecular flexibility index (Phi) is 10.3. The van der Waals surface area contributed by atoms with Crippen LogP contribution in [-0.4, -0.2) is 71.3 Å².